The van der Waals surface area contributed by atoms with Crippen molar-refractivity contribution in [1.29, 1.82) is 0 Å². The Morgan fingerprint density at radius 2 is 2.10 bits per heavy atom. The van der Waals surface area contributed by atoms with Gasteiger partial charge in [-0.15, -0.1) is 0 Å². The molecule has 0 radical (unpaired) electrons. The van der Waals surface area contributed by atoms with Gasteiger partial charge in [-0.3, -0.25) is 9.48 Å². The van der Waals surface area contributed by atoms with Crippen molar-refractivity contribution < 1.29 is 18.3 Å². The highest BCUT2D eigenvalue weighted by atomic mass is 19.3. The minimum Gasteiger partial charge on any atom is -0.435 e. The lowest BCUT2D eigenvalue weighted by Gasteiger charge is -2.06. The summed E-state index contributed by atoms with van der Waals surface area (Å²) in [4.78, 5) is 11.9. The number of nitrogens with one attached hydrogen (secondary N) is 1. The van der Waals surface area contributed by atoms with Gasteiger partial charge in [-0.05, 0) is 36.2 Å². The van der Waals surface area contributed by atoms with Crippen LogP contribution in [0.5, 0.6) is 5.75 Å². The Kier molecular flexibility index (Phi) is 4.86. The standard InChI is InChI=1S/C14H15F2N3O2/c1-19-9-10(8-18-19)6-7-17-13(20)11-2-4-12(5-3-11)21-14(15)16/h2-5,8-9,14H,6-7H2,1H3,(H,17,20). The Labute approximate surface area is 120 Å². The van der Waals surface area contributed by atoms with E-state index in [0.717, 1.165) is 5.56 Å². The van der Waals surface area contributed by atoms with Gasteiger partial charge in [0.25, 0.3) is 5.91 Å². The van der Waals surface area contributed by atoms with Gasteiger partial charge in [-0.25, -0.2) is 0 Å². The number of ether oxygens (including phenoxy) is 1. The van der Waals surface area contributed by atoms with Crippen molar-refractivity contribution in [1.82, 2.24) is 15.1 Å². The molecule has 5 nitrogen and oxygen atoms in total. The van der Waals surface area contributed by atoms with Crippen LogP contribution < -0.4 is 10.1 Å². The van der Waals surface area contributed by atoms with Gasteiger partial charge >= 0.3 is 6.61 Å². The van der Waals surface area contributed by atoms with Gasteiger partial charge in [-0.2, -0.15) is 13.9 Å². The summed E-state index contributed by atoms with van der Waals surface area (Å²) in [6, 6.07) is 5.55. The van der Waals surface area contributed by atoms with Gasteiger partial charge in [0, 0.05) is 25.4 Å². The molecule has 0 saturated heterocycles. The molecule has 7 heteroatoms. The van der Waals surface area contributed by atoms with E-state index in [-0.39, 0.29) is 11.7 Å². The average molecular weight is 295 g/mol. The highest BCUT2D eigenvalue weighted by Crippen LogP contribution is 2.14. The molecule has 1 heterocycles. The first-order valence-electron chi connectivity index (χ1n) is 6.35. The van der Waals surface area contributed by atoms with Crippen molar-refractivity contribution in [2.24, 2.45) is 7.05 Å². The van der Waals surface area contributed by atoms with E-state index in [9.17, 15) is 13.6 Å². The van der Waals surface area contributed by atoms with Crippen LogP contribution in [-0.2, 0) is 13.5 Å². The molecule has 0 aliphatic rings. The molecule has 0 aliphatic heterocycles. The van der Waals surface area contributed by atoms with Crippen molar-refractivity contribution >= 4 is 5.91 Å². The molecule has 0 unspecified atom stereocenters. The third-order valence-electron chi connectivity index (χ3n) is 2.80. The topological polar surface area (TPSA) is 56.2 Å². The third kappa shape index (κ3) is 4.55. The number of aryl methyl sites for hydroxylation is 1. The molecule has 2 aromatic rings. The van der Waals surface area contributed by atoms with E-state index in [1.165, 1.54) is 24.3 Å². The van der Waals surface area contributed by atoms with E-state index in [1.807, 2.05) is 13.2 Å². The van der Waals surface area contributed by atoms with Crippen LogP contribution in [0.2, 0.25) is 0 Å². The number of carbonyl (C=O) groups excluding carboxylic acids is 1. The molecule has 0 atom stereocenters. The Morgan fingerprint density at radius 1 is 1.38 bits per heavy atom. The maximum Gasteiger partial charge on any atom is 0.387 e. The van der Waals surface area contributed by atoms with E-state index in [1.54, 1.807) is 10.9 Å². The van der Waals surface area contributed by atoms with Crippen LogP contribution in [0.3, 0.4) is 0 Å². The first kappa shape index (κ1) is 15.0. The first-order chi connectivity index (χ1) is 10.0. The molecule has 112 valence electrons. The second kappa shape index (κ2) is 6.83. The van der Waals surface area contributed by atoms with Gasteiger partial charge in [0.05, 0.1) is 6.20 Å². The third-order valence-corrected chi connectivity index (χ3v) is 2.80. The normalized spacial score (nSPS) is 10.7. The average Bonchev–Trinajstić information content (AvgIpc) is 2.84. The summed E-state index contributed by atoms with van der Waals surface area (Å²) in [6.07, 6.45) is 4.29. The monoisotopic (exact) mass is 295 g/mol. The second-order valence-corrected chi connectivity index (χ2v) is 4.43. The molecule has 2 rings (SSSR count). The van der Waals surface area contributed by atoms with Crippen LogP contribution in [0.4, 0.5) is 8.78 Å². The molecule has 0 fully saturated rings. The Hall–Kier alpha value is -2.44. The van der Waals surface area contributed by atoms with Gasteiger partial charge in [0.1, 0.15) is 5.75 Å². The number of hydrogen-bond acceptors (Lipinski definition) is 3. The Bertz CT molecular complexity index is 597. The highest BCUT2D eigenvalue weighted by molar-refractivity contribution is 5.94. The predicted octanol–water partition coefficient (Wildman–Crippen LogP) is 1.99. The summed E-state index contributed by atoms with van der Waals surface area (Å²) in [5.41, 5.74) is 1.42. The summed E-state index contributed by atoms with van der Waals surface area (Å²) in [5.74, 6) is -0.237. The highest BCUT2D eigenvalue weighted by Gasteiger charge is 2.08. The molecule has 0 saturated carbocycles. The minimum atomic E-state index is -2.87. The van der Waals surface area contributed by atoms with Crippen LogP contribution in [0, 0.1) is 0 Å². The minimum absolute atomic E-state index is 0.0249. The van der Waals surface area contributed by atoms with E-state index in [4.69, 9.17) is 0 Å². The van der Waals surface area contributed by atoms with E-state index in [0.29, 0.717) is 18.5 Å². The smallest absolute Gasteiger partial charge is 0.387 e. The molecule has 0 spiro atoms. The quantitative estimate of drug-likeness (QED) is 0.886. The summed E-state index contributed by atoms with van der Waals surface area (Å²) in [6.45, 7) is -2.40. The molecular weight excluding hydrogens is 280 g/mol. The zero-order valence-electron chi connectivity index (χ0n) is 11.4. The lowest BCUT2D eigenvalue weighted by atomic mass is 10.2. The molecular formula is C14H15F2N3O2. The lowest BCUT2D eigenvalue weighted by molar-refractivity contribution is -0.0498. The van der Waals surface area contributed by atoms with Gasteiger partial charge < -0.3 is 10.1 Å². The zero-order valence-corrected chi connectivity index (χ0v) is 11.4. The SMILES string of the molecule is Cn1cc(CCNC(=O)c2ccc(OC(F)F)cc2)cn1. The second-order valence-electron chi connectivity index (χ2n) is 4.43. The number of benzene rings is 1. The summed E-state index contributed by atoms with van der Waals surface area (Å²) < 4.78 is 29.9. The van der Waals surface area contributed by atoms with E-state index in [2.05, 4.69) is 15.2 Å². The number of carbonyl (C=O) groups is 1. The maximum atomic E-state index is 12.0. The molecule has 1 aromatic carbocycles. The maximum absolute atomic E-state index is 12.0. The van der Waals surface area contributed by atoms with Crippen molar-refractivity contribution in [2.75, 3.05) is 6.54 Å². The van der Waals surface area contributed by atoms with Crippen molar-refractivity contribution in [3.05, 3.63) is 47.8 Å². The van der Waals surface area contributed by atoms with Gasteiger partial charge in [0.15, 0.2) is 0 Å². The van der Waals surface area contributed by atoms with Crippen LogP contribution in [0.1, 0.15) is 15.9 Å². The van der Waals surface area contributed by atoms with Crippen molar-refractivity contribution in [3.63, 3.8) is 0 Å². The number of nitrogens with zero attached hydrogens (tertiary/aromatic N) is 2. The van der Waals surface area contributed by atoms with Gasteiger partial charge in [0.2, 0.25) is 0 Å². The largest absolute Gasteiger partial charge is 0.435 e. The Morgan fingerprint density at radius 3 is 2.67 bits per heavy atom. The first-order valence-corrected chi connectivity index (χ1v) is 6.35. The number of halogens is 2. The fourth-order valence-corrected chi connectivity index (χ4v) is 1.81. The molecule has 1 N–H and O–H groups in total. The van der Waals surface area contributed by atoms with Crippen LogP contribution >= 0.6 is 0 Å². The summed E-state index contributed by atoms with van der Waals surface area (Å²) in [5, 5.41) is 6.79. The Balaban J connectivity index is 1.82. The number of alkyl halides is 2. The molecule has 0 bridgehead atoms. The molecule has 21 heavy (non-hydrogen) atoms. The van der Waals surface area contributed by atoms with Crippen molar-refractivity contribution in [2.45, 2.75) is 13.0 Å². The van der Waals surface area contributed by atoms with Crippen LogP contribution in [-0.4, -0.2) is 28.8 Å². The van der Waals surface area contributed by atoms with Crippen LogP contribution in [0.25, 0.3) is 0 Å². The number of hydrogen-bond donors (Lipinski definition) is 1. The van der Waals surface area contributed by atoms with Crippen LogP contribution in [0.15, 0.2) is 36.7 Å². The number of aromatic nitrogens is 2. The summed E-state index contributed by atoms with van der Waals surface area (Å²) >= 11 is 0. The van der Waals surface area contributed by atoms with E-state index < -0.39 is 6.61 Å². The molecule has 1 aromatic heterocycles. The number of amides is 1. The fourth-order valence-electron chi connectivity index (χ4n) is 1.81. The van der Waals surface area contributed by atoms with Gasteiger partial charge in [-0.1, -0.05) is 0 Å². The number of rotatable bonds is 6. The molecule has 1 amide bonds. The molecule has 0 aliphatic carbocycles. The van der Waals surface area contributed by atoms with Crippen molar-refractivity contribution in [3.8, 4) is 5.75 Å². The zero-order chi connectivity index (χ0) is 15.2. The van der Waals surface area contributed by atoms with E-state index >= 15 is 0 Å². The lowest BCUT2D eigenvalue weighted by Crippen LogP contribution is -2.25. The predicted molar refractivity (Wildman–Crippen MR) is 72.3 cm³/mol. The summed E-state index contributed by atoms with van der Waals surface area (Å²) in [7, 11) is 1.82. The fraction of sp³-hybridized carbons (Fsp3) is 0.286.